The van der Waals surface area contributed by atoms with Crippen molar-refractivity contribution in [1.82, 2.24) is 14.7 Å². The van der Waals surface area contributed by atoms with Crippen LogP contribution in [0, 0.1) is 0 Å². The van der Waals surface area contributed by atoms with Crippen LogP contribution in [0.5, 0.6) is 0 Å². The molecule has 1 aliphatic rings. The van der Waals surface area contributed by atoms with Crippen molar-refractivity contribution in [3.05, 3.63) is 18.0 Å². The maximum atomic E-state index is 5.61. The first kappa shape index (κ1) is 17.7. The van der Waals surface area contributed by atoms with Crippen molar-refractivity contribution in [2.24, 2.45) is 12.8 Å². The maximum Gasteiger partial charge on any atom is 0.0824 e. The lowest BCUT2D eigenvalue weighted by atomic mass is 10.2. The number of ether oxygens (including phenoxy) is 1. The highest BCUT2D eigenvalue weighted by Crippen LogP contribution is 2.06. The van der Waals surface area contributed by atoms with E-state index >= 15 is 0 Å². The Kier molecular flexibility index (Phi) is 8.56. The summed E-state index contributed by atoms with van der Waals surface area (Å²) in [5, 5.41) is 4.16. The van der Waals surface area contributed by atoms with E-state index < -0.39 is 0 Å². The second-order valence-electron chi connectivity index (χ2n) is 4.30. The number of nitrogens with zero attached hydrogens (tertiary/aromatic N) is 3. The Morgan fingerprint density at radius 3 is 2.89 bits per heavy atom. The molecule has 18 heavy (non-hydrogen) atoms. The lowest BCUT2D eigenvalue weighted by molar-refractivity contribution is -0.0226. The Balaban J connectivity index is 0.00000144. The molecule has 1 aromatic rings. The van der Waals surface area contributed by atoms with Crippen molar-refractivity contribution in [3.8, 4) is 0 Å². The Hall–Kier alpha value is -0.330. The Bertz CT molecular complexity index is 335. The highest BCUT2D eigenvalue weighted by atomic mass is 35.5. The molecule has 1 aliphatic heterocycles. The van der Waals surface area contributed by atoms with Gasteiger partial charge in [0.05, 0.1) is 18.9 Å². The number of hydrogen-bond donors (Lipinski definition) is 1. The first-order chi connectivity index (χ1) is 7.78. The smallest absolute Gasteiger partial charge is 0.0824 e. The van der Waals surface area contributed by atoms with Gasteiger partial charge in [0.1, 0.15) is 0 Å². The van der Waals surface area contributed by atoms with Gasteiger partial charge in [0, 0.05) is 39.4 Å². The Morgan fingerprint density at radius 1 is 1.50 bits per heavy atom. The molecule has 1 fully saturated rings. The van der Waals surface area contributed by atoms with Gasteiger partial charge in [-0.05, 0) is 12.0 Å². The van der Waals surface area contributed by atoms with Crippen LogP contribution in [0.4, 0.5) is 0 Å². The van der Waals surface area contributed by atoms with Crippen molar-refractivity contribution in [1.29, 1.82) is 0 Å². The summed E-state index contributed by atoms with van der Waals surface area (Å²) < 4.78 is 7.37. The molecule has 106 valence electrons. The van der Waals surface area contributed by atoms with Gasteiger partial charge in [-0.2, -0.15) is 5.10 Å². The summed E-state index contributed by atoms with van der Waals surface area (Å²) in [6, 6.07) is 0. The third kappa shape index (κ3) is 5.12. The van der Waals surface area contributed by atoms with E-state index in [4.69, 9.17) is 10.5 Å². The summed E-state index contributed by atoms with van der Waals surface area (Å²) in [5.41, 5.74) is 6.90. The largest absolute Gasteiger partial charge is 0.374 e. The zero-order chi connectivity index (χ0) is 11.4. The summed E-state index contributed by atoms with van der Waals surface area (Å²) in [4.78, 5) is 2.41. The number of rotatable bonds is 4. The third-order valence-corrected chi connectivity index (χ3v) is 2.96. The highest BCUT2D eigenvalue weighted by molar-refractivity contribution is 5.85. The van der Waals surface area contributed by atoms with Crippen LogP contribution in [0.15, 0.2) is 12.4 Å². The van der Waals surface area contributed by atoms with Crippen LogP contribution >= 0.6 is 24.8 Å². The average molecular weight is 297 g/mol. The summed E-state index contributed by atoms with van der Waals surface area (Å²) in [6.07, 6.45) is 5.26. The number of hydrogen-bond acceptors (Lipinski definition) is 4. The van der Waals surface area contributed by atoms with Crippen molar-refractivity contribution in [2.45, 2.75) is 12.5 Å². The number of morpholine rings is 1. The molecule has 0 aromatic carbocycles. The first-order valence-corrected chi connectivity index (χ1v) is 5.79. The van der Waals surface area contributed by atoms with Crippen molar-refractivity contribution in [3.63, 3.8) is 0 Å². The van der Waals surface area contributed by atoms with Crippen LogP contribution in [0.1, 0.15) is 5.56 Å². The van der Waals surface area contributed by atoms with Crippen LogP contribution in [-0.2, 0) is 18.2 Å². The molecule has 0 bridgehead atoms. The SMILES string of the molecule is Cl.Cl.Cn1cc(CCN2CCOC(CN)C2)cn1. The lowest BCUT2D eigenvalue weighted by Crippen LogP contribution is -2.46. The van der Waals surface area contributed by atoms with Gasteiger partial charge in [-0.3, -0.25) is 9.58 Å². The predicted molar refractivity (Wildman–Crippen MR) is 76.6 cm³/mol. The quantitative estimate of drug-likeness (QED) is 0.877. The van der Waals surface area contributed by atoms with Gasteiger partial charge in [-0.15, -0.1) is 24.8 Å². The molecule has 0 saturated carbocycles. The molecule has 2 N–H and O–H groups in total. The number of nitrogens with two attached hydrogens (primary N) is 1. The summed E-state index contributed by atoms with van der Waals surface area (Å²) >= 11 is 0. The normalized spacial score (nSPS) is 20.0. The molecule has 1 atom stereocenters. The fourth-order valence-electron chi connectivity index (χ4n) is 2.01. The molecular formula is C11H22Cl2N4O. The van der Waals surface area contributed by atoms with Gasteiger partial charge < -0.3 is 10.5 Å². The molecular weight excluding hydrogens is 275 g/mol. The lowest BCUT2D eigenvalue weighted by Gasteiger charge is -2.32. The van der Waals surface area contributed by atoms with E-state index in [2.05, 4.69) is 16.2 Å². The monoisotopic (exact) mass is 296 g/mol. The molecule has 0 spiro atoms. The molecule has 0 amide bonds. The molecule has 5 nitrogen and oxygen atoms in total. The van der Waals surface area contributed by atoms with E-state index in [0.29, 0.717) is 6.54 Å². The second-order valence-corrected chi connectivity index (χ2v) is 4.30. The minimum absolute atomic E-state index is 0. The van der Waals surface area contributed by atoms with Crippen molar-refractivity contribution in [2.75, 3.05) is 32.8 Å². The molecule has 1 saturated heterocycles. The van der Waals surface area contributed by atoms with Gasteiger partial charge >= 0.3 is 0 Å². The van der Waals surface area contributed by atoms with E-state index in [1.807, 2.05) is 17.9 Å². The van der Waals surface area contributed by atoms with E-state index in [1.54, 1.807) is 0 Å². The maximum absolute atomic E-state index is 5.61. The second kappa shape index (κ2) is 8.72. The minimum atomic E-state index is 0. The molecule has 2 heterocycles. The summed E-state index contributed by atoms with van der Waals surface area (Å²) in [5.74, 6) is 0. The zero-order valence-corrected chi connectivity index (χ0v) is 12.3. The zero-order valence-electron chi connectivity index (χ0n) is 10.6. The molecule has 1 unspecified atom stereocenters. The van der Waals surface area contributed by atoms with E-state index in [-0.39, 0.29) is 30.9 Å². The summed E-state index contributed by atoms with van der Waals surface area (Å²) in [7, 11) is 1.95. The minimum Gasteiger partial charge on any atom is -0.374 e. The molecule has 0 aliphatic carbocycles. The number of aryl methyl sites for hydroxylation is 1. The van der Waals surface area contributed by atoms with Crippen LogP contribution in [-0.4, -0.2) is 53.6 Å². The Morgan fingerprint density at radius 2 is 2.28 bits per heavy atom. The van der Waals surface area contributed by atoms with Crippen molar-refractivity contribution >= 4 is 24.8 Å². The summed E-state index contributed by atoms with van der Waals surface area (Å²) in [6.45, 7) is 4.44. The third-order valence-electron chi connectivity index (χ3n) is 2.96. The fourth-order valence-corrected chi connectivity index (χ4v) is 2.01. The van der Waals surface area contributed by atoms with E-state index in [1.165, 1.54) is 5.56 Å². The molecule has 0 radical (unpaired) electrons. The van der Waals surface area contributed by atoms with Crippen LogP contribution in [0.3, 0.4) is 0 Å². The van der Waals surface area contributed by atoms with Crippen LogP contribution in [0.25, 0.3) is 0 Å². The van der Waals surface area contributed by atoms with Crippen molar-refractivity contribution < 1.29 is 4.74 Å². The molecule has 1 aromatic heterocycles. The van der Waals surface area contributed by atoms with Gasteiger partial charge in [0.2, 0.25) is 0 Å². The topological polar surface area (TPSA) is 56.3 Å². The van der Waals surface area contributed by atoms with E-state index in [9.17, 15) is 0 Å². The number of halogens is 2. The fraction of sp³-hybridized carbons (Fsp3) is 0.727. The Labute approximate surface area is 120 Å². The average Bonchev–Trinajstić information content (AvgIpc) is 2.73. The first-order valence-electron chi connectivity index (χ1n) is 5.79. The predicted octanol–water partition coefficient (Wildman–Crippen LogP) is 0.466. The van der Waals surface area contributed by atoms with Gasteiger partial charge in [-0.25, -0.2) is 0 Å². The molecule has 7 heteroatoms. The number of aromatic nitrogens is 2. The highest BCUT2D eigenvalue weighted by Gasteiger charge is 2.18. The standard InChI is InChI=1S/C11H20N4O.2ClH/c1-14-8-10(7-13-14)2-3-15-4-5-16-11(6-12)9-15;;/h7-8,11H,2-6,9,12H2,1H3;2*1H. The van der Waals surface area contributed by atoms with Gasteiger partial charge in [0.15, 0.2) is 0 Å². The van der Waals surface area contributed by atoms with Gasteiger partial charge in [0.25, 0.3) is 0 Å². The molecule has 2 rings (SSSR count). The van der Waals surface area contributed by atoms with E-state index in [0.717, 1.165) is 32.7 Å². The van der Waals surface area contributed by atoms with Gasteiger partial charge in [-0.1, -0.05) is 0 Å². The van der Waals surface area contributed by atoms with Crippen LogP contribution in [0.2, 0.25) is 0 Å². The van der Waals surface area contributed by atoms with Crippen LogP contribution < -0.4 is 5.73 Å².